The predicted octanol–water partition coefficient (Wildman–Crippen LogP) is 0.749. The number of hydrogen-bond donors (Lipinski definition) is 0. The molecule has 0 radical (unpaired) electrons. The van der Waals surface area contributed by atoms with Crippen molar-refractivity contribution in [3.8, 4) is 0 Å². The van der Waals surface area contributed by atoms with E-state index in [1.165, 1.54) is 0 Å². The fraction of sp³-hybridized carbons (Fsp3) is 0.846. The van der Waals surface area contributed by atoms with Crippen LogP contribution < -0.4 is 0 Å². The third-order valence-corrected chi connectivity index (χ3v) is 3.45. The lowest BCUT2D eigenvalue weighted by Crippen LogP contribution is -2.53. The lowest BCUT2D eigenvalue weighted by atomic mass is 10.1. The quantitative estimate of drug-likeness (QED) is 0.806. The van der Waals surface area contributed by atoms with E-state index in [1.807, 2.05) is 18.5 Å². The Morgan fingerprint density at radius 1 is 1.42 bits per heavy atom. The first-order chi connectivity index (χ1) is 8.91. The molecule has 1 fully saturated rings. The second-order valence-corrected chi connectivity index (χ2v) is 5.85. The van der Waals surface area contributed by atoms with Crippen LogP contribution in [0.3, 0.4) is 0 Å². The van der Waals surface area contributed by atoms with E-state index >= 15 is 0 Å². The summed E-state index contributed by atoms with van der Waals surface area (Å²) in [5.74, 6) is 1.93. The zero-order valence-corrected chi connectivity index (χ0v) is 12.5. The molecule has 0 saturated carbocycles. The van der Waals surface area contributed by atoms with Crippen LogP contribution in [0.1, 0.15) is 25.5 Å². The van der Waals surface area contributed by atoms with Crippen molar-refractivity contribution in [1.29, 1.82) is 0 Å². The van der Waals surface area contributed by atoms with Crippen molar-refractivity contribution in [1.82, 2.24) is 19.7 Å². The molecule has 1 atom stereocenters. The van der Waals surface area contributed by atoms with Crippen LogP contribution >= 0.6 is 0 Å². The summed E-state index contributed by atoms with van der Waals surface area (Å²) >= 11 is 0. The van der Waals surface area contributed by atoms with Gasteiger partial charge in [-0.15, -0.1) is 10.2 Å². The molecule has 19 heavy (non-hydrogen) atoms. The van der Waals surface area contributed by atoms with Crippen LogP contribution in [0.5, 0.6) is 0 Å². The average Bonchev–Trinajstić information content (AvgIpc) is 2.59. The first kappa shape index (κ1) is 14.4. The molecular weight excluding hydrogens is 244 g/mol. The highest BCUT2D eigenvalue weighted by Gasteiger charge is 2.33. The third-order valence-electron chi connectivity index (χ3n) is 3.45. The first-order valence-corrected chi connectivity index (χ1v) is 6.65. The van der Waals surface area contributed by atoms with E-state index in [0.29, 0.717) is 6.61 Å². The first-order valence-electron chi connectivity index (χ1n) is 6.65. The molecule has 1 aromatic rings. The molecule has 1 aliphatic heterocycles. The van der Waals surface area contributed by atoms with E-state index in [-0.39, 0.29) is 11.7 Å². The van der Waals surface area contributed by atoms with Crippen molar-refractivity contribution < 1.29 is 9.47 Å². The van der Waals surface area contributed by atoms with Gasteiger partial charge in [0.25, 0.3) is 0 Å². The standard InChI is InChI=1S/C13H24N4O2/c1-10-14-15-12(16(10)4)7-17-6-11(8-18-5)19-13(2,3)9-17/h11H,6-9H2,1-5H3. The van der Waals surface area contributed by atoms with E-state index in [9.17, 15) is 0 Å². The molecule has 6 nitrogen and oxygen atoms in total. The maximum atomic E-state index is 6.01. The summed E-state index contributed by atoms with van der Waals surface area (Å²) in [5.41, 5.74) is -0.158. The highest BCUT2D eigenvalue weighted by molar-refractivity contribution is 4.94. The van der Waals surface area contributed by atoms with Gasteiger partial charge < -0.3 is 14.0 Å². The van der Waals surface area contributed by atoms with Gasteiger partial charge in [0.05, 0.1) is 24.9 Å². The maximum Gasteiger partial charge on any atom is 0.146 e. The lowest BCUT2D eigenvalue weighted by Gasteiger charge is -2.42. The molecule has 0 spiro atoms. The van der Waals surface area contributed by atoms with Crippen molar-refractivity contribution in [3.63, 3.8) is 0 Å². The molecule has 1 unspecified atom stereocenters. The Kier molecular flexibility index (Phi) is 4.23. The summed E-state index contributed by atoms with van der Waals surface area (Å²) < 4.78 is 13.3. The molecule has 0 amide bonds. The number of nitrogens with zero attached hydrogens (tertiary/aromatic N) is 4. The summed E-state index contributed by atoms with van der Waals surface area (Å²) in [6, 6.07) is 0. The topological polar surface area (TPSA) is 52.4 Å². The molecule has 1 saturated heterocycles. The van der Waals surface area contributed by atoms with Crippen LogP contribution in [0.2, 0.25) is 0 Å². The van der Waals surface area contributed by atoms with Gasteiger partial charge in [0.2, 0.25) is 0 Å². The molecule has 0 aliphatic carbocycles. The fourth-order valence-corrected chi connectivity index (χ4v) is 2.60. The number of aryl methyl sites for hydroxylation is 1. The van der Waals surface area contributed by atoms with Crippen molar-refractivity contribution >= 4 is 0 Å². The van der Waals surface area contributed by atoms with Crippen LogP contribution in [0.15, 0.2) is 0 Å². The summed E-state index contributed by atoms with van der Waals surface area (Å²) in [5, 5.41) is 8.33. The van der Waals surface area contributed by atoms with Gasteiger partial charge in [-0.05, 0) is 20.8 Å². The third kappa shape index (κ3) is 3.52. The van der Waals surface area contributed by atoms with Crippen LogP contribution in [0.4, 0.5) is 0 Å². The molecule has 2 heterocycles. The second kappa shape index (κ2) is 5.56. The minimum absolute atomic E-state index is 0.114. The van der Waals surface area contributed by atoms with E-state index in [0.717, 1.165) is 31.3 Å². The van der Waals surface area contributed by atoms with Gasteiger partial charge in [0.1, 0.15) is 11.6 Å². The van der Waals surface area contributed by atoms with E-state index < -0.39 is 0 Å². The Hall–Kier alpha value is -0.980. The summed E-state index contributed by atoms with van der Waals surface area (Å²) in [4.78, 5) is 2.36. The molecule has 1 aliphatic rings. The molecule has 0 aromatic carbocycles. The Morgan fingerprint density at radius 3 is 2.74 bits per heavy atom. The monoisotopic (exact) mass is 268 g/mol. The Labute approximate surface area is 114 Å². The van der Waals surface area contributed by atoms with Gasteiger partial charge in [0, 0.05) is 27.2 Å². The highest BCUT2D eigenvalue weighted by Crippen LogP contribution is 2.22. The largest absolute Gasteiger partial charge is 0.382 e. The minimum atomic E-state index is -0.158. The van der Waals surface area contributed by atoms with Gasteiger partial charge >= 0.3 is 0 Å². The highest BCUT2D eigenvalue weighted by atomic mass is 16.5. The molecular formula is C13H24N4O2. The van der Waals surface area contributed by atoms with E-state index in [4.69, 9.17) is 9.47 Å². The van der Waals surface area contributed by atoms with Gasteiger partial charge in [-0.1, -0.05) is 0 Å². The fourth-order valence-electron chi connectivity index (χ4n) is 2.60. The molecule has 2 rings (SSSR count). The Balaban J connectivity index is 2.04. The normalized spacial score (nSPS) is 23.7. The molecule has 0 N–H and O–H groups in total. The number of hydrogen-bond acceptors (Lipinski definition) is 5. The van der Waals surface area contributed by atoms with Gasteiger partial charge in [0.15, 0.2) is 0 Å². The van der Waals surface area contributed by atoms with E-state index in [1.54, 1.807) is 7.11 Å². The van der Waals surface area contributed by atoms with Crippen molar-refractivity contribution in [3.05, 3.63) is 11.6 Å². The number of methoxy groups -OCH3 is 1. The van der Waals surface area contributed by atoms with Crippen LogP contribution in [0.25, 0.3) is 0 Å². The second-order valence-electron chi connectivity index (χ2n) is 5.85. The summed E-state index contributed by atoms with van der Waals surface area (Å²) in [7, 11) is 3.71. The zero-order valence-electron chi connectivity index (χ0n) is 12.5. The smallest absolute Gasteiger partial charge is 0.146 e. The van der Waals surface area contributed by atoms with E-state index in [2.05, 4.69) is 28.9 Å². The van der Waals surface area contributed by atoms with Crippen molar-refractivity contribution in [2.75, 3.05) is 26.8 Å². The molecule has 108 valence electrons. The number of rotatable bonds is 4. The predicted molar refractivity (Wildman–Crippen MR) is 71.8 cm³/mol. The number of ether oxygens (including phenoxy) is 2. The molecule has 1 aromatic heterocycles. The van der Waals surface area contributed by atoms with Crippen LogP contribution in [-0.4, -0.2) is 58.2 Å². The Morgan fingerprint density at radius 2 is 2.16 bits per heavy atom. The summed E-state index contributed by atoms with van der Waals surface area (Å²) in [6.45, 7) is 9.37. The summed E-state index contributed by atoms with van der Waals surface area (Å²) in [6.07, 6.45) is 0.114. The Bertz CT molecular complexity index is 430. The number of aromatic nitrogens is 3. The SMILES string of the molecule is COCC1CN(Cc2nnc(C)n2C)CC(C)(C)O1. The number of morpholine rings is 1. The van der Waals surface area contributed by atoms with Gasteiger partial charge in [-0.2, -0.15) is 0 Å². The van der Waals surface area contributed by atoms with Crippen molar-refractivity contribution in [2.45, 2.75) is 39.0 Å². The minimum Gasteiger partial charge on any atom is -0.382 e. The lowest BCUT2D eigenvalue weighted by molar-refractivity contribution is -0.154. The van der Waals surface area contributed by atoms with Crippen LogP contribution in [0, 0.1) is 6.92 Å². The van der Waals surface area contributed by atoms with Crippen molar-refractivity contribution in [2.24, 2.45) is 7.05 Å². The maximum absolute atomic E-state index is 6.01. The zero-order chi connectivity index (χ0) is 14.0. The average molecular weight is 268 g/mol. The molecule has 6 heteroatoms. The van der Waals surface area contributed by atoms with Gasteiger partial charge in [-0.25, -0.2) is 0 Å². The molecule has 0 bridgehead atoms. The van der Waals surface area contributed by atoms with Gasteiger partial charge in [-0.3, -0.25) is 4.90 Å². The van der Waals surface area contributed by atoms with Crippen LogP contribution in [-0.2, 0) is 23.1 Å².